The van der Waals surface area contributed by atoms with E-state index in [1.807, 2.05) is 23.6 Å². The molecule has 7 heteroatoms. The molecule has 2 aromatic heterocycles. The van der Waals surface area contributed by atoms with Gasteiger partial charge in [0.2, 0.25) is 0 Å². The number of nitrogens with zero attached hydrogens (tertiary/aromatic N) is 2. The van der Waals surface area contributed by atoms with Gasteiger partial charge >= 0.3 is 0 Å². The summed E-state index contributed by atoms with van der Waals surface area (Å²) < 4.78 is 19.1. The molecule has 1 aliphatic rings. The standard InChI is InChI=1S/C27H31FN2O3S/c1-33-21-6-7-24-23(16-21)26(20(17-28)18-29-24)25(32)8-9-27(19-31)10-13-30(14-11-27)12-2-4-22-5-3-15-34-22/h3,5-7,15-16,18,25,31-32H,8-14,17,19H2,1H3/t25-/m1/s1. The van der Waals surface area contributed by atoms with Crippen LogP contribution in [0.2, 0.25) is 0 Å². The first-order valence-electron chi connectivity index (χ1n) is 11.6. The van der Waals surface area contributed by atoms with Crippen molar-refractivity contribution in [1.29, 1.82) is 0 Å². The Morgan fingerprint density at radius 1 is 1.29 bits per heavy atom. The van der Waals surface area contributed by atoms with Gasteiger partial charge < -0.3 is 14.9 Å². The molecule has 0 spiro atoms. The lowest BCUT2D eigenvalue weighted by atomic mass is 9.74. The number of hydrogen-bond acceptors (Lipinski definition) is 6. The summed E-state index contributed by atoms with van der Waals surface area (Å²) in [5.41, 5.74) is 1.42. The number of thiophene rings is 1. The van der Waals surface area contributed by atoms with E-state index in [1.165, 1.54) is 6.20 Å². The number of likely N-dealkylation sites (tertiary alicyclic amines) is 1. The van der Waals surface area contributed by atoms with E-state index in [4.69, 9.17) is 4.74 Å². The molecule has 0 unspecified atom stereocenters. The highest BCUT2D eigenvalue weighted by Crippen LogP contribution is 2.39. The van der Waals surface area contributed by atoms with Crippen LogP contribution in [-0.2, 0) is 6.67 Å². The lowest BCUT2D eigenvalue weighted by Crippen LogP contribution is -2.42. The number of rotatable bonds is 8. The first-order valence-corrected chi connectivity index (χ1v) is 12.5. The van der Waals surface area contributed by atoms with Crippen LogP contribution < -0.4 is 4.74 Å². The van der Waals surface area contributed by atoms with Crippen LogP contribution in [0.15, 0.2) is 41.9 Å². The predicted octanol–water partition coefficient (Wildman–Crippen LogP) is 4.71. The molecule has 4 rings (SSSR count). The van der Waals surface area contributed by atoms with Crippen molar-refractivity contribution >= 4 is 22.2 Å². The minimum Gasteiger partial charge on any atom is -0.497 e. The number of benzene rings is 1. The molecule has 0 amide bonds. The fraction of sp³-hybridized carbons (Fsp3) is 0.444. The number of ether oxygens (including phenoxy) is 1. The van der Waals surface area contributed by atoms with Crippen molar-refractivity contribution in [3.05, 3.63) is 57.9 Å². The van der Waals surface area contributed by atoms with Crippen molar-refractivity contribution in [2.24, 2.45) is 5.41 Å². The molecule has 180 valence electrons. The zero-order valence-electron chi connectivity index (χ0n) is 19.5. The monoisotopic (exact) mass is 482 g/mol. The number of aliphatic hydroxyl groups is 2. The summed E-state index contributed by atoms with van der Waals surface area (Å²) in [6.45, 7) is 1.82. The SMILES string of the molecule is COc1ccc2ncc(CF)c([C@H](O)CCC3(CO)CCN(CC#Cc4cccs4)CC3)c2c1. The number of aliphatic hydroxyl groups excluding tert-OH is 2. The van der Waals surface area contributed by atoms with Gasteiger partial charge in [-0.25, -0.2) is 4.39 Å². The second kappa shape index (κ2) is 11.3. The number of fused-ring (bicyclic) bond motifs is 1. The van der Waals surface area contributed by atoms with Gasteiger partial charge in [-0.15, -0.1) is 11.3 Å². The molecule has 3 heterocycles. The van der Waals surface area contributed by atoms with Gasteiger partial charge in [0, 0.05) is 23.8 Å². The second-order valence-electron chi connectivity index (χ2n) is 8.98. The lowest BCUT2D eigenvalue weighted by Gasteiger charge is -2.40. The highest BCUT2D eigenvalue weighted by molar-refractivity contribution is 7.10. The molecule has 2 N–H and O–H groups in total. The molecular formula is C27H31FN2O3S. The van der Waals surface area contributed by atoms with Gasteiger partial charge in [0.25, 0.3) is 0 Å². The molecule has 1 atom stereocenters. The highest BCUT2D eigenvalue weighted by atomic mass is 32.1. The molecular weight excluding hydrogens is 451 g/mol. The van der Waals surface area contributed by atoms with Gasteiger partial charge in [-0.2, -0.15) is 0 Å². The number of pyridine rings is 1. The van der Waals surface area contributed by atoms with Crippen LogP contribution in [0.5, 0.6) is 5.75 Å². The molecule has 3 aromatic rings. The third kappa shape index (κ3) is 5.59. The van der Waals surface area contributed by atoms with E-state index in [-0.39, 0.29) is 12.0 Å². The molecule has 0 bridgehead atoms. The topological polar surface area (TPSA) is 65.8 Å². The number of hydrogen-bond donors (Lipinski definition) is 2. The summed E-state index contributed by atoms with van der Waals surface area (Å²) in [6, 6.07) is 9.45. The van der Waals surface area contributed by atoms with Gasteiger partial charge in [-0.05, 0) is 79.4 Å². The van der Waals surface area contributed by atoms with Gasteiger partial charge in [-0.3, -0.25) is 9.88 Å². The van der Waals surface area contributed by atoms with Crippen LogP contribution in [-0.4, -0.2) is 53.4 Å². The van der Waals surface area contributed by atoms with Crippen LogP contribution in [0.4, 0.5) is 4.39 Å². The van der Waals surface area contributed by atoms with Crippen molar-refractivity contribution in [1.82, 2.24) is 9.88 Å². The van der Waals surface area contributed by atoms with Crippen molar-refractivity contribution in [3.8, 4) is 17.6 Å². The maximum Gasteiger partial charge on any atom is 0.119 e. The molecule has 1 saturated heterocycles. The van der Waals surface area contributed by atoms with Crippen LogP contribution in [0, 0.1) is 17.3 Å². The van der Waals surface area contributed by atoms with Crippen LogP contribution in [0.3, 0.4) is 0 Å². The Hall–Kier alpha value is -2.50. The van der Waals surface area contributed by atoms with Gasteiger partial charge in [0.05, 0.1) is 30.2 Å². The number of alkyl halides is 1. The summed E-state index contributed by atoms with van der Waals surface area (Å²) in [4.78, 5) is 7.72. The van der Waals surface area contributed by atoms with E-state index in [0.717, 1.165) is 30.8 Å². The Morgan fingerprint density at radius 3 is 2.79 bits per heavy atom. The lowest BCUT2D eigenvalue weighted by molar-refractivity contribution is 0.0272. The molecule has 1 aliphatic heterocycles. The zero-order chi connectivity index (χ0) is 24.0. The van der Waals surface area contributed by atoms with Crippen LogP contribution >= 0.6 is 11.3 Å². The van der Waals surface area contributed by atoms with Crippen LogP contribution in [0.1, 0.15) is 47.8 Å². The Bertz CT molecular complexity index is 1140. The molecule has 34 heavy (non-hydrogen) atoms. The van der Waals surface area contributed by atoms with Gasteiger partial charge in [-0.1, -0.05) is 17.9 Å². The molecule has 1 fully saturated rings. The third-order valence-corrected chi connectivity index (χ3v) is 7.70. The smallest absolute Gasteiger partial charge is 0.119 e. The Morgan fingerprint density at radius 2 is 2.12 bits per heavy atom. The Kier molecular flexibility index (Phi) is 8.17. The molecule has 1 aromatic carbocycles. The number of aromatic nitrogens is 1. The fourth-order valence-corrected chi connectivity index (χ4v) is 5.30. The van der Waals surface area contributed by atoms with E-state index in [1.54, 1.807) is 30.6 Å². The predicted molar refractivity (Wildman–Crippen MR) is 134 cm³/mol. The Labute approximate surface area is 204 Å². The normalized spacial score (nSPS) is 16.7. The summed E-state index contributed by atoms with van der Waals surface area (Å²) in [5, 5.41) is 24.1. The largest absolute Gasteiger partial charge is 0.497 e. The number of methoxy groups -OCH3 is 1. The number of halogens is 1. The fourth-order valence-electron chi connectivity index (χ4n) is 4.71. The van der Waals surface area contributed by atoms with Crippen molar-refractivity contribution in [2.45, 2.75) is 38.5 Å². The summed E-state index contributed by atoms with van der Waals surface area (Å²) in [7, 11) is 1.58. The van der Waals surface area contributed by atoms with Crippen molar-refractivity contribution in [3.63, 3.8) is 0 Å². The van der Waals surface area contributed by atoms with E-state index in [9.17, 15) is 14.6 Å². The maximum atomic E-state index is 13.8. The highest BCUT2D eigenvalue weighted by Gasteiger charge is 2.34. The van der Waals surface area contributed by atoms with E-state index < -0.39 is 12.8 Å². The van der Waals surface area contributed by atoms with Gasteiger partial charge in [0.15, 0.2) is 0 Å². The average molecular weight is 483 g/mol. The maximum absolute atomic E-state index is 13.8. The van der Waals surface area contributed by atoms with Crippen molar-refractivity contribution < 1.29 is 19.3 Å². The average Bonchev–Trinajstić information content (AvgIpc) is 3.40. The van der Waals surface area contributed by atoms with E-state index in [0.29, 0.717) is 47.2 Å². The number of piperidine rings is 1. The first-order chi connectivity index (χ1) is 16.6. The minimum absolute atomic E-state index is 0.0787. The van der Waals surface area contributed by atoms with Gasteiger partial charge in [0.1, 0.15) is 12.4 Å². The summed E-state index contributed by atoms with van der Waals surface area (Å²) >= 11 is 1.64. The third-order valence-electron chi connectivity index (χ3n) is 6.91. The van der Waals surface area contributed by atoms with E-state index in [2.05, 4.69) is 21.7 Å². The molecule has 0 radical (unpaired) electrons. The molecule has 5 nitrogen and oxygen atoms in total. The van der Waals surface area contributed by atoms with E-state index >= 15 is 0 Å². The summed E-state index contributed by atoms with van der Waals surface area (Å²) in [5.74, 6) is 7.08. The Balaban J connectivity index is 1.42. The molecule has 0 saturated carbocycles. The quantitative estimate of drug-likeness (QED) is 0.455. The zero-order valence-corrected chi connectivity index (χ0v) is 20.3. The van der Waals surface area contributed by atoms with Crippen LogP contribution in [0.25, 0.3) is 10.9 Å². The van der Waals surface area contributed by atoms with Crippen molar-refractivity contribution in [2.75, 3.05) is 33.4 Å². The molecule has 0 aliphatic carbocycles. The first kappa shape index (κ1) is 24.6. The summed E-state index contributed by atoms with van der Waals surface area (Å²) in [6.07, 6.45) is 3.46. The minimum atomic E-state index is -0.846. The second-order valence-corrected chi connectivity index (χ2v) is 9.93.